The van der Waals surface area contributed by atoms with E-state index in [1.807, 2.05) is 31.2 Å². The standard InChI is InChI=1S/C15H17N3O2S/c1-3-13-17-18-11(9-19)14(16-15(18)21-13)10-7-5-6-8-12(10)20-4-2/h5-8,19H,3-4,9H2,1-2H3. The van der Waals surface area contributed by atoms with Crippen LogP contribution in [0, 0.1) is 0 Å². The zero-order chi connectivity index (χ0) is 14.8. The van der Waals surface area contributed by atoms with Gasteiger partial charge >= 0.3 is 0 Å². The molecule has 110 valence electrons. The summed E-state index contributed by atoms with van der Waals surface area (Å²) in [5.74, 6) is 0.774. The Morgan fingerprint density at radius 3 is 2.81 bits per heavy atom. The number of fused-ring (bicyclic) bond motifs is 1. The van der Waals surface area contributed by atoms with Gasteiger partial charge in [0.15, 0.2) is 0 Å². The molecule has 5 nitrogen and oxygen atoms in total. The summed E-state index contributed by atoms with van der Waals surface area (Å²) in [6.07, 6.45) is 0.865. The SMILES string of the molecule is CCOc1ccccc1-c1nc2sc(CC)nn2c1CO. The van der Waals surface area contributed by atoms with E-state index in [-0.39, 0.29) is 6.61 Å². The summed E-state index contributed by atoms with van der Waals surface area (Å²) in [6.45, 7) is 4.49. The van der Waals surface area contributed by atoms with Crippen molar-refractivity contribution in [1.82, 2.24) is 14.6 Å². The molecule has 0 fully saturated rings. The first-order valence-corrected chi connectivity index (χ1v) is 7.80. The van der Waals surface area contributed by atoms with Gasteiger partial charge in [-0.15, -0.1) is 0 Å². The van der Waals surface area contributed by atoms with Gasteiger partial charge in [-0.3, -0.25) is 0 Å². The molecule has 0 aliphatic rings. The lowest BCUT2D eigenvalue weighted by Gasteiger charge is -2.09. The highest BCUT2D eigenvalue weighted by atomic mass is 32.1. The minimum Gasteiger partial charge on any atom is -0.493 e. The molecule has 1 aromatic carbocycles. The minimum absolute atomic E-state index is 0.107. The van der Waals surface area contributed by atoms with Crippen molar-refractivity contribution in [2.24, 2.45) is 0 Å². The molecule has 21 heavy (non-hydrogen) atoms. The van der Waals surface area contributed by atoms with Crippen LogP contribution in [-0.2, 0) is 13.0 Å². The van der Waals surface area contributed by atoms with E-state index in [2.05, 4.69) is 17.0 Å². The van der Waals surface area contributed by atoms with Crippen LogP contribution >= 0.6 is 11.3 Å². The lowest BCUT2D eigenvalue weighted by Crippen LogP contribution is -1.98. The molecule has 0 saturated carbocycles. The summed E-state index contributed by atoms with van der Waals surface area (Å²) in [4.78, 5) is 5.45. The van der Waals surface area contributed by atoms with E-state index in [9.17, 15) is 5.11 Å². The van der Waals surface area contributed by atoms with Crippen LogP contribution in [0.5, 0.6) is 5.75 Å². The fourth-order valence-corrected chi connectivity index (χ4v) is 3.13. The van der Waals surface area contributed by atoms with Crippen molar-refractivity contribution in [1.29, 1.82) is 0 Å². The summed E-state index contributed by atoms with van der Waals surface area (Å²) < 4.78 is 7.40. The Morgan fingerprint density at radius 1 is 1.29 bits per heavy atom. The maximum Gasteiger partial charge on any atom is 0.213 e. The monoisotopic (exact) mass is 303 g/mol. The highest BCUT2D eigenvalue weighted by Gasteiger charge is 2.19. The fourth-order valence-electron chi connectivity index (χ4n) is 2.27. The van der Waals surface area contributed by atoms with Crippen molar-refractivity contribution >= 4 is 16.3 Å². The highest BCUT2D eigenvalue weighted by Crippen LogP contribution is 2.33. The summed E-state index contributed by atoms with van der Waals surface area (Å²) in [5.41, 5.74) is 2.33. The fraction of sp³-hybridized carbons (Fsp3) is 0.333. The third-order valence-electron chi connectivity index (χ3n) is 3.23. The van der Waals surface area contributed by atoms with E-state index < -0.39 is 0 Å². The van der Waals surface area contributed by atoms with E-state index in [0.717, 1.165) is 33.4 Å². The largest absolute Gasteiger partial charge is 0.493 e. The van der Waals surface area contributed by atoms with Crippen LogP contribution in [0.1, 0.15) is 24.5 Å². The van der Waals surface area contributed by atoms with Gasteiger partial charge in [0.25, 0.3) is 0 Å². The molecule has 0 saturated heterocycles. The number of nitrogens with zero attached hydrogens (tertiary/aromatic N) is 3. The van der Waals surface area contributed by atoms with Crippen molar-refractivity contribution in [2.45, 2.75) is 26.9 Å². The quantitative estimate of drug-likeness (QED) is 0.787. The Kier molecular flexibility index (Phi) is 3.90. The Balaban J connectivity index is 2.18. The molecule has 0 radical (unpaired) electrons. The lowest BCUT2D eigenvalue weighted by molar-refractivity contribution is 0.274. The van der Waals surface area contributed by atoms with Gasteiger partial charge in [-0.05, 0) is 25.5 Å². The molecular weight excluding hydrogens is 286 g/mol. The van der Waals surface area contributed by atoms with Gasteiger partial charge in [0.2, 0.25) is 4.96 Å². The molecule has 0 aliphatic carbocycles. The Labute approximate surface area is 126 Å². The maximum atomic E-state index is 9.73. The van der Waals surface area contributed by atoms with E-state index >= 15 is 0 Å². The Hall–Kier alpha value is -1.92. The average molecular weight is 303 g/mol. The second kappa shape index (κ2) is 5.83. The molecule has 0 amide bonds. The predicted octanol–water partition coefficient (Wildman–Crippen LogP) is 2.91. The van der Waals surface area contributed by atoms with Crippen LogP contribution in [0.15, 0.2) is 24.3 Å². The van der Waals surface area contributed by atoms with Crippen LogP contribution in [-0.4, -0.2) is 26.3 Å². The predicted molar refractivity (Wildman–Crippen MR) is 82.8 cm³/mol. The normalized spacial score (nSPS) is 11.2. The first-order chi connectivity index (χ1) is 10.3. The van der Waals surface area contributed by atoms with Crippen molar-refractivity contribution in [2.75, 3.05) is 6.61 Å². The van der Waals surface area contributed by atoms with Gasteiger partial charge in [0.05, 0.1) is 18.9 Å². The van der Waals surface area contributed by atoms with Gasteiger partial charge in [0, 0.05) is 5.56 Å². The summed E-state index contributed by atoms with van der Waals surface area (Å²) in [5, 5.41) is 15.2. The molecule has 0 aliphatic heterocycles. The first kappa shape index (κ1) is 14.0. The molecule has 2 aromatic heterocycles. The van der Waals surface area contributed by atoms with Crippen LogP contribution in [0.4, 0.5) is 0 Å². The number of benzene rings is 1. The minimum atomic E-state index is -0.107. The molecule has 6 heteroatoms. The number of ether oxygens (including phenoxy) is 1. The average Bonchev–Trinajstić information content (AvgIpc) is 3.04. The van der Waals surface area contributed by atoms with Crippen molar-refractivity contribution in [3.05, 3.63) is 35.0 Å². The van der Waals surface area contributed by atoms with E-state index in [1.165, 1.54) is 0 Å². The van der Waals surface area contributed by atoms with Crippen LogP contribution < -0.4 is 4.74 Å². The smallest absolute Gasteiger partial charge is 0.213 e. The number of aromatic nitrogens is 3. The lowest BCUT2D eigenvalue weighted by atomic mass is 10.1. The second-order valence-electron chi connectivity index (χ2n) is 4.54. The molecule has 3 aromatic rings. The summed E-state index contributed by atoms with van der Waals surface area (Å²) in [6, 6.07) is 7.74. The number of para-hydroxylation sites is 1. The molecule has 0 atom stereocenters. The Bertz CT molecular complexity index is 763. The number of aliphatic hydroxyl groups excluding tert-OH is 1. The number of aliphatic hydroxyl groups is 1. The molecule has 0 spiro atoms. The number of hydrogen-bond donors (Lipinski definition) is 1. The molecule has 0 bridgehead atoms. The zero-order valence-electron chi connectivity index (χ0n) is 12.0. The maximum absolute atomic E-state index is 9.73. The third kappa shape index (κ3) is 2.41. The van der Waals surface area contributed by atoms with Gasteiger partial charge in [-0.2, -0.15) is 5.10 Å². The van der Waals surface area contributed by atoms with E-state index in [4.69, 9.17) is 4.74 Å². The third-order valence-corrected chi connectivity index (χ3v) is 4.29. The van der Waals surface area contributed by atoms with E-state index in [1.54, 1.807) is 15.9 Å². The van der Waals surface area contributed by atoms with Crippen molar-refractivity contribution < 1.29 is 9.84 Å². The summed E-state index contributed by atoms with van der Waals surface area (Å²) >= 11 is 1.55. The molecule has 3 rings (SSSR count). The van der Waals surface area contributed by atoms with Gasteiger partial charge in [0.1, 0.15) is 16.5 Å². The molecule has 0 unspecified atom stereocenters. The van der Waals surface area contributed by atoms with Crippen LogP contribution in [0.2, 0.25) is 0 Å². The van der Waals surface area contributed by atoms with Gasteiger partial charge in [-0.25, -0.2) is 9.50 Å². The van der Waals surface area contributed by atoms with Crippen molar-refractivity contribution in [3.8, 4) is 17.0 Å². The van der Waals surface area contributed by atoms with Crippen LogP contribution in [0.3, 0.4) is 0 Å². The van der Waals surface area contributed by atoms with Gasteiger partial charge in [-0.1, -0.05) is 30.4 Å². The highest BCUT2D eigenvalue weighted by molar-refractivity contribution is 7.16. The first-order valence-electron chi connectivity index (χ1n) is 6.98. The van der Waals surface area contributed by atoms with E-state index in [0.29, 0.717) is 12.3 Å². The number of aryl methyl sites for hydroxylation is 1. The number of rotatable bonds is 5. The number of hydrogen-bond acceptors (Lipinski definition) is 5. The van der Waals surface area contributed by atoms with Crippen LogP contribution in [0.25, 0.3) is 16.2 Å². The molecule has 2 heterocycles. The van der Waals surface area contributed by atoms with Crippen molar-refractivity contribution in [3.63, 3.8) is 0 Å². The second-order valence-corrected chi connectivity index (χ2v) is 5.58. The summed E-state index contributed by atoms with van der Waals surface area (Å²) in [7, 11) is 0. The zero-order valence-corrected chi connectivity index (χ0v) is 12.9. The Morgan fingerprint density at radius 2 is 2.10 bits per heavy atom. The van der Waals surface area contributed by atoms with Gasteiger partial charge < -0.3 is 9.84 Å². The topological polar surface area (TPSA) is 59.7 Å². The molecular formula is C15H17N3O2S. The molecule has 1 N–H and O–H groups in total. The number of imidazole rings is 1.